The minimum atomic E-state index is -1.12. The number of aromatic carboxylic acids is 1. The zero-order chi connectivity index (χ0) is 14.3. The van der Waals surface area contributed by atoms with Crippen LogP contribution in [0.2, 0.25) is 0 Å². The van der Waals surface area contributed by atoms with Crippen molar-refractivity contribution in [2.24, 2.45) is 0 Å². The van der Waals surface area contributed by atoms with Crippen LogP contribution in [-0.2, 0) is 0 Å². The number of carboxylic acid groups (broad SMARTS) is 1. The lowest BCUT2D eigenvalue weighted by atomic mass is 10.3. The van der Waals surface area contributed by atoms with Crippen LogP contribution in [0.1, 0.15) is 23.8 Å². The number of carbonyl (C=O) groups excluding carboxylic acids is 1. The normalized spacial score (nSPS) is 10.0. The summed E-state index contributed by atoms with van der Waals surface area (Å²) in [4.78, 5) is 27.7. The van der Waals surface area contributed by atoms with Crippen molar-refractivity contribution in [1.82, 2.24) is 9.88 Å². The lowest BCUT2D eigenvalue weighted by Gasteiger charge is -2.21. The average Bonchev–Trinajstić information content (AvgIpc) is 2.39. The molecular formula is C12H17N3O4. The maximum absolute atomic E-state index is 11.9. The molecule has 0 radical (unpaired) electrons. The number of anilines is 1. The van der Waals surface area contributed by atoms with Gasteiger partial charge in [-0.3, -0.25) is 0 Å². The van der Waals surface area contributed by atoms with E-state index in [9.17, 15) is 9.59 Å². The zero-order valence-corrected chi connectivity index (χ0v) is 10.7. The third-order valence-electron chi connectivity index (χ3n) is 2.38. The molecule has 0 aliphatic rings. The second-order valence-corrected chi connectivity index (χ2v) is 3.88. The maximum atomic E-state index is 11.9. The van der Waals surface area contributed by atoms with Crippen LogP contribution in [-0.4, -0.2) is 51.8 Å². The molecular weight excluding hydrogens is 250 g/mol. The van der Waals surface area contributed by atoms with Crippen molar-refractivity contribution in [3.05, 3.63) is 24.0 Å². The van der Waals surface area contributed by atoms with E-state index in [1.54, 1.807) is 0 Å². The first-order chi connectivity index (χ1) is 9.08. The highest BCUT2D eigenvalue weighted by Crippen LogP contribution is 2.07. The molecule has 0 aliphatic carbocycles. The fourth-order valence-corrected chi connectivity index (χ4v) is 1.50. The Morgan fingerprint density at radius 3 is 2.58 bits per heavy atom. The van der Waals surface area contributed by atoms with Gasteiger partial charge in [0.25, 0.3) is 0 Å². The molecule has 0 spiro atoms. The number of carboxylic acids is 1. The van der Waals surface area contributed by atoms with Gasteiger partial charge < -0.3 is 20.4 Å². The molecule has 0 bridgehead atoms. The van der Waals surface area contributed by atoms with E-state index in [1.807, 2.05) is 6.92 Å². The van der Waals surface area contributed by atoms with Crippen LogP contribution in [0, 0.1) is 0 Å². The summed E-state index contributed by atoms with van der Waals surface area (Å²) in [6.07, 6.45) is 2.06. The summed E-state index contributed by atoms with van der Waals surface area (Å²) in [6, 6.07) is 2.44. The molecule has 2 amide bonds. The van der Waals surface area contributed by atoms with Gasteiger partial charge in [0.1, 0.15) is 5.69 Å². The Morgan fingerprint density at radius 2 is 2.11 bits per heavy atom. The molecule has 19 heavy (non-hydrogen) atoms. The molecule has 7 heteroatoms. The molecule has 1 aromatic rings. The monoisotopic (exact) mass is 267 g/mol. The number of aliphatic hydroxyl groups excluding tert-OH is 1. The van der Waals surface area contributed by atoms with E-state index in [-0.39, 0.29) is 24.9 Å². The fourth-order valence-electron chi connectivity index (χ4n) is 1.50. The van der Waals surface area contributed by atoms with Crippen LogP contribution in [0.15, 0.2) is 18.3 Å². The number of urea groups is 1. The van der Waals surface area contributed by atoms with Crippen LogP contribution < -0.4 is 5.32 Å². The molecule has 0 aromatic carbocycles. The topological polar surface area (TPSA) is 103 Å². The van der Waals surface area contributed by atoms with E-state index in [4.69, 9.17) is 10.2 Å². The van der Waals surface area contributed by atoms with Crippen LogP contribution in [0.5, 0.6) is 0 Å². The smallest absolute Gasteiger partial charge is 0.354 e. The van der Waals surface area contributed by atoms with Crippen LogP contribution in [0.3, 0.4) is 0 Å². The number of pyridine rings is 1. The van der Waals surface area contributed by atoms with E-state index >= 15 is 0 Å². The Hall–Kier alpha value is -2.15. The standard InChI is InChI=1S/C12H17N3O4/c1-2-5-15(6-7-16)12(19)14-9-3-4-10(11(17)18)13-8-9/h3-4,8,16H,2,5-7H2,1H3,(H,14,19)(H,17,18). The highest BCUT2D eigenvalue weighted by Gasteiger charge is 2.12. The molecule has 1 heterocycles. The molecule has 0 fully saturated rings. The quantitative estimate of drug-likeness (QED) is 0.714. The second-order valence-electron chi connectivity index (χ2n) is 3.88. The Balaban J connectivity index is 2.66. The van der Waals surface area contributed by atoms with Gasteiger partial charge >= 0.3 is 12.0 Å². The summed E-state index contributed by atoms with van der Waals surface area (Å²) in [5.41, 5.74) is 0.327. The molecule has 0 saturated heterocycles. The summed E-state index contributed by atoms with van der Waals surface area (Å²) in [6.45, 7) is 2.61. The lowest BCUT2D eigenvalue weighted by molar-refractivity contribution is 0.0690. The molecule has 0 saturated carbocycles. The third-order valence-corrected chi connectivity index (χ3v) is 2.38. The number of amides is 2. The van der Waals surface area contributed by atoms with Gasteiger partial charge in [-0.2, -0.15) is 0 Å². The summed E-state index contributed by atoms with van der Waals surface area (Å²) in [7, 11) is 0. The third kappa shape index (κ3) is 4.55. The lowest BCUT2D eigenvalue weighted by Crippen LogP contribution is -2.37. The van der Waals surface area contributed by atoms with Gasteiger partial charge in [0.15, 0.2) is 0 Å². The number of nitrogens with one attached hydrogen (secondary N) is 1. The van der Waals surface area contributed by atoms with Gasteiger partial charge in [-0.15, -0.1) is 0 Å². The molecule has 104 valence electrons. The highest BCUT2D eigenvalue weighted by atomic mass is 16.4. The number of nitrogens with zero attached hydrogens (tertiary/aromatic N) is 2. The van der Waals surface area contributed by atoms with Gasteiger partial charge in [-0.1, -0.05) is 6.92 Å². The minimum Gasteiger partial charge on any atom is -0.477 e. The SMILES string of the molecule is CCCN(CCO)C(=O)Nc1ccc(C(=O)O)nc1. The van der Waals surface area contributed by atoms with Crippen LogP contribution in [0.25, 0.3) is 0 Å². The number of hydrogen-bond acceptors (Lipinski definition) is 4. The van der Waals surface area contributed by atoms with Crippen molar-refractivity contribution in [1.29, 1.82) is 0 Å². The molecule has 0 aliphatic heterocycles. The first-order valence-electron chi connectivity index (χ1n) is 5.94. The summed E-state index contributed by atoms with van der Waals surface area (Å²) in [5, 5.41) is 20.2. The zero-order valence-electron chi connectivity index (χ0n) is 10.7. The summed E-state index contributed by atoms with van der Waals surface area (Å²) >= 11 is 0. The molecule has 3 N–H and O–H groups in total. The molecule has 1 rings (SSSR count). The molecule has 0 unspecified atom stereocenters. The van der Waals surface area contributed by atoms with Crippen LogP contribution in [0.4, 0.5) is 10.5 Å². The fraction of sp³-hybridized carbons (Fsp3) is 0.417. The van der Waals surface area contributed by atoms with E-state index < -0.39 is 5.97 Å². The van der Waals surface area contributed by atoms with Gasteiger partial charge in [0, 0.05) is 13.1 Å². The largest absolute Gasteiger partial charge is 0.477 e. The molecule has 0 atom stereocenters. The predicted octanol–water partition coefficient (Wildman–Crippen LogP) is 1.02. The van der Waals surface area contributed by atoms with Crippen molar-refractivity contribution in [3.8, 4) is 0 Å². The Bertz CT molecular complexity index is 427. The minimum absolute atomic E-state index is 0.0845. The van der Waals surface area contributed by atoms with Gasteiger partial charge in [0.2, 0.25) is 0 Å². The number of aromatic nitrogens is 1. The Morgan fingerprint density at radius 1 is 1.37 bits per heavy atom. The number of carbonyl (C=O) groups is 2. The van der Waals surface area contributed by atoms with Gasteiger partial charge in [-0.25, -0.2) is 14.6 Å². The molecule has 1 aromatic heterocycles. The highest BCUT2D eigenvalue weighted by molar-refractivity contribution is 5.90. The number of rotatable bonds is 6. The van der Waals surface area contributed by atoms with Crippen molar-refractivity contribution < 1.29 is 19.8 Å². The first kappa shape index (κ1) is 14.9. The van der Waals surface area contributed by atoms with Crippen molar-refractivity contribution in [3.63, 3.8) is 0 Å². The van der Waals surface area contributed by atoms with E-state index in [2.05, 4.69) is 10.3 Å². The predicted molar refractivity (Wildman–Crippen MR) is 69.2 cm³/mol. The van der Waals surface area contributed by atoms with Crippen molar-refractivity contribution in [2.45, 2.75) is 13.3 Å². The van der Waals surface area contributed by atoms with E-state index in [1.165, 1.54) is 23.2 Å². The van der Waals surface area contributed by atoms with Crippen LogP contribution >= 0.6 is 0 Å². The van der Waals surface area contributed by atoms with Crippen molar-refractivity contribution >= 4 is 17.7 Å². The Kier molecular flexibility index (Phi) is 5.74. The van der Waals surface area contributed by atoms with Gasteiger partial charge in [-0.05, 0) is 18.6 Å². The van der Waals surface area contributed by atoms with Gasteiger partial charge in [0.05, 0.1) is 18.5 Å². The average molecular weight is 267 g/mol. The van der Waals surface area contributed by atoms with E-state index in [0.717, 1.165) is 6.42 Å². The Labute approximate surface area is 110 Å². The number of aliphatic hydroxyl groups is 1. The van der Waals surface area contributed by atoms with Crippen molar-refractivity contribution in [2.75, 3.05) is 25.0 Å². The summed E-state index contributed by atoms with van der Waals surface area (Å²) in [5.74, 6) is -1.12. The van der Waals surface area contributed by atoms with E-state index in [0.29, 0.717) is 12.2 Å². The maximum Gasteiger partial charge on any atom is 0.354 e. The summed E-state index contributed by atoms with van der Waals surface area (Å²) < 4.78 is 0. The number of hydrogen-bond donors (Lipinski definition) is 3. The second kappa shape index (κ2) is 7.32. The first-order valence-corrected chi connectivity index (χ1v) is 5.94. The molecule has 7 nitrogen and oxygen atoms in total.